The number of likely N-dealkylation sites (tertiary alicyclic amines) is 1. The van der Waals surface area contributed by atoms with Crippen molar-refractivity contribution in [1.29, 1.82) is 0 Å². The monoisotopic (exact) mass is 348 g/mol. The molecule has 1 aromatic rings. The molecule has 0 bridgehead atoms. The van der Waals surface area contributed by atoms with Crippen LogP contribution in [0.15, 0.2) is 4.52 Å². The van der Waals surface area contributed by atoms with Gasteiger partial charge in [-0.2, -0.15) is 4.98 Å². The molecule has 0 unspecified atom stereocenters. The fourth-order valence-corrected chi connectivity index (χ4v) is 4.55. The molecule has 0 spiro atoms. The lowest BCUT2D eigenvalue weighted by Gasteiger charge is -2.38. The minimum Gasteiger partial charge on any atom is -0.343 e. The van der Waals surface area contributed by atoms with Crippen LogP contribution in [0.4, 0.5) is 0 Å². The van der Waals surface area contributed by atoms with Gasteiger partial charge in [0, 0.05) is 26.4 Å². The molecule has 1 amide bonds. The lowest BCUT2D eigenvalue weighted by Crippen LogP contribution is -2.52. The number of rotatable bonds is 4. The Morgan fingerprint density at radius 2 is 2.04 bits per heavy atom. The van der Waals surface area contributed by atoms with Gasteiger partial charge in [-0.3, -0.25) is 4.79 Å². The second-order valence-electron chi connectivity index (χ2n) is 8.91. The zero-order valence-corrected chi connectivity index (χ0v) is 16.1. The third-order valence-corrected chi connectivity index (χ3v) is 5.92. The van der Waals surface area contributed by atoms with E-state index in [1.165, 1.54) is 25.7 Å². The molecule has 1 saturated carbocycles. The van der Waals surface area contributed by atoms with E-state index in [0.29, 0.717) is 17.2 Å². The highest BCUT2D eigenvalue weighted by Gasteiger charge is 2.40. The smallest absolute Gasteiger partial charge is 0.227 e. The Kier molecular flexibility index (Phi) is 5.19. The van der Waals surface area contributed by atoms with Crippen LogP contribution in [-0.2, 0) is 16.8 Å². The fourth-order valence-electron chi connectivity index (χ4n) is 4.55. The van der Waals surface area contributed by atoms with Crippen molar-refractivity contribution in [2.75, 3.05) is 20.1 Å². The number of hydrogen-bond donors (Lipinski definition) is 1. The number of aromatic nitrogens is 2. The van der Waals surface area contributed by atoms with Crippen molar-refractivity contribution in [2.45, 2.75) is 71.3 Å². The van der Waals surface area contributed by atoms with E-state index in [4.69, 9.17) is 9.51 Å². The molecule has 6 nitrogen and oxygen atoms in total. The summed E-state index contributed by atoms with van der Waals surface area (Å²) in [5.74, 6) is 1.96. The van der Waals surface area contributed by atoms with Gasteiger partial charge in [0.15, 0.2) is 5.82 Å². The van der Waals surface area contributed by atoms with Crippen molar-refractivity contribution in [3.8, 4) is 0 Å². The summed E-state index contributed by atoms with van der Waals surface area (Å²) >= 11 is 0. The number of nitrogens with one attached hydrogen (secondary N) is 1. The van der Waals surface area contributed by atoms with E-state index in [0.717, 1.165) is 38.2 Å². The zero-order chi connectivity index (χ0) is 18.1. The van der Waals surface area contributed by atoms with Gasteiger partial charge < -0.3 is 14.7 Å². The Morgan fingerprint density at radius 3 is 2.68 bits per heavy atom. The molecule has 1 saturated heterocycles. The molecule has 0 radical (unpaired) electrons. The summed E-state index contributed by atoms with van der Waals surface area (Å²) in [5, 5.41) is 7.38. The maximum Gasteiger partial charge on any atom is 0.227 e. The molecule has 1 aromatic heterocycles. The second-order valence-corrected chi connectivity index (χ2v) is 8.91. The van der Waals surface area contributed by atoms with E-state index >= 15 is 0 Å². The Balaban J connectivity index is 1.73. The molecule has 0 aromatic carbocycles. The number of amides is 1. The Hall–Kier alpha value is -1.43. The maximum atomic E-state index is 11.8. The average Bonchev–Trinajstić information content (AvgIpc) is 2.97. The third-order valence-electron chi connectivity index (χ3n) is 5.92. The number of piperidine rings is 1. The van der Waals surface area contributed by atoms with E-state index in [1.54, 1.807) is 6.92 Å². The first-order valence-corrected chi connectivity index (χ1v) is 9.58. The zero-order valence-electron chi connectivity index (χ0n) is 16.1. The minimum atomic E-state index is -0.480. The molecule has 1 N–H and O–H groups in total. The lowest BCUT2D eigenvalue weighted by atomic mass is 9.71. The molecule has 140 valence electrons. The van der Waals surface area contributed by atoms with Gasteiger partial charge in [0.05, 0.1) is 0 Å². The highest BCUT2D eigenvalue weighted by Crippen LogP contribution is 2.40. The topological polar surface area (TPSA) is 71.3 Å². The van der Waals surface area contributed by atoms with Crippen LogP contribution in [0.25, 0.3) is 0 Å². The molecule has 2 heterocycles. The largest absolute Gasteiger partial charge is 0.343 e. The normalized spacial score (nSPS) is 26.3. The molecule has 6 heteroatoms. The van der Waals surface area contributed by atoms with Gasteiger partial charge in [-0.1, -0.05) is 25.4 Å². The number of carbonyl (C=O) groups is 1. The molecule has 3 rings (SSSR count). The quantitative estimate of drug-likeness (QED) is 0.906. The Morgan fingerprint density at radius 1 is 1.32 bits per heavy atom. The second kappa shape index (κ2) is 7.06. The molecular formula is C19H32N4O2. The highest BCUT2D eigenvalue weighted by molar-refractivity contribution is 5.74. The first-order valence-electron chi connectivity index (χ1n) is 9.58. The van der Waals surface area contributed by atoms with Crippen molar-refractivity contribution in [2.24, 2.45) is 11.3 Å². The van der Waals surface area contributed by atoms with Gasteiger partial charge in [-0.05, 0) is 50.5 Å². The van der Waals surface area contributed by atoms with Gasteiger partial charge in [0.1, 0.15) is 5.54 Å². The molecule has 25 heavy (non-hydrogen) atoms. The SMILES string of the molecule is CC(=O)NC1(c2noc(C[C@@H]3CCCC(C)(C)C3)n2)CCN(C)CC1. The van der Waals surface area contributed by atoms with E-state index in [9.17, 15) is 4.79 Å². The molecule has 1 aliphatic heterocycles. The Labute approximate surface area is 150 Å². The van der Waals surface area contributed by atoms with Crippen LogP contribution in [0.3, 0.4) is 0 Å². The molecule has 2 fully saturated rings. The van der Waals surface area contributed by atoms with E-state index in [2.05, 4.69) is 36.3 Å². The predicted octanol–water partition coefficient (Wildman–Crippen LogP) is 2.89. The van der Waals surface area contributed by atoms with Gasteiger partial charge in [0.2, 0.25) is 11.8 Å². The summed E-state index contributed by atoms with van der Waals surface area (Å²) < 4.78 is 5.60. The van der Waals surface area contributed by atoms with E-state index in [-0.39, 0.29) is 5.91 Å². The van der Waals surface area contributed by atoms with Crippen LogP contribution < -0.4 is 5.32 Å². The van der Waals surface area contributed by atoms with Crippen LogP contribution in [0.5, 0.6) is 0 Å². The first kappa shape index (κ1) is 18.4. The van der Waals surface area contributed by atoms with Crippen LogP contribution in [0.1, 0.15) is 71.0 Å². The number of hydrogen-bond acceptors (Lipinski definition) is 5. The van der Waals surface area contributed by atoms with Gasteiger partial charge in [0.25, 0.3) is 0 Å². The van der Waals surface area contributed by atoms with Crippen molar-refractivity contribution in [3.05, 3.63) is 11.7 Å². The number of nitrogens with zero attached hydrogens (tertiary/aromatic N) is 3. The minimum absolute atomic E-state index is 0.0371. The fraction of sp³-hybridized carbons (Fsp3) is 0.842. The molecular weight excluding hydrogens is 316 g/mol. The van der Waals surface area contributed by atoms with Crippen LogP contribution >= 0.6 is 0 Å². The standard InChI is InChI=1S/C19H32N4O2/c1-14(24)21-19(8-10-23(4)11-9-19)17-20-16(25-22-17)12-15-6-5-7-18(2,3)13-15/h15H,5-13H2,1-4H3,(H,21,24)/t15-/m0/s1. The Bertz CT molecular complexity index is 602. The van der Waals surface area contributed by atoms with E-state index < -0.39 is 5.54 Å². The van der Waals surface area contributed by atoms with Gasteiger partial charge in [-0.25, -0.2) is 0 Å². The maximum absolute atomic E-state index is 11.8. The highest BCUT2D eigenvalue weighted by atomic mass is 16.5. The van der Waals surface area contributed by atoms with Crippen molar-refractivity contribution >= 4 is 5.91 Å². The van der Waals surface area contributed by atoms with Crippen LogP contribution in [0, 0.1) is 11.3 Å². The molecule has 1 aliphatic carbocycles. The number of carbonyl (C=O) groups excluding carboxylic acids is 1. The van der Waals surface area contributed by atoms with Crippen LogP contribution in [-0.4, -0.2) is 41.1 Å². The summed E-state index contributed by atoms with van der Waals surface area (Å²) in [7, 11) is 2.10. The summed E-state index contributed by atoms with van der Waals surface area (Å²) in [5.41, 5.74) is -0.0664. The molecule has 2 aliphatic rings. The van der Waals surface area contributed by atoms with Gasteiger partial charge in [-0.15, -0.1) is 0 Å². The van der Waals surface area contributed by atoms with Crippen LogP contribution in [0.2, 0.25) is 0 Å². The van der Waals surface area contributed by atoms with Crippen molar-refractivity contribution in [1.82, 2.24) is 20.4 Å². The summed E-state index contributed by atoms with van der Waals surface area (Å²) in [4.78, 5) is 18.7. The predicted molar refractivity (Wildman–Crippen MR) is 96.0 cm³/mol. The van der Waals surface area contributed by atoms with Crippen molar-refractivity contribution in [3.63, 3.8) is 0 Å². The average molecular weight is 348 g/mol. The lowest BCUT2D eigenvalue weighted by molar-refractivity contribution is -0.121. The first-order chi connectivity index (χ1) is 11.8. The van der Waals surface area contributed by atoms with E-state index in [1.807, 2.05) is 0 Å². The summed E-state index contributed by atoms with van der Waals surface area (Å²) in [6.07, 6.45) is 7.53. The summed E-state index contributed by atoms with van der Waals surface area (Å²) in [6, 6.07) is 0. The third kappa shape index (κ3) is 4.40. The summed E-state index contributed by atoms with van der Waals surface area (Å²) in [6.45, 7) is 8.10. The van der Waals surface area contributed by atoms with Gasteiger partial charge >= 0.3 is 0 Å². The molecule has 1 atom stereocenters. The van der Waals surface area contributed by atoms with Crippen molar-refractivity contribution < 1.29 is 9.32 Å².